The molecule has 1 aliphatic carbocycles. The third-order valence-electron chi connectivity index (χ3n) is 3.60. The second-order valence-electron chi connectivity index (χ2n) is 4.95. The molecule has 21 heavy (non-hydrogen) atoms. The van der Waals surface area contributed by atoms with Crippen LogP contribution < -0.4 is 4.74 Å². The number of rotatable bonds is 4. The van der Waals surface area contributed by atoms with Gasteiger partial charge in [-0.15, -0.1) is 0 Å². The van der Waals surface area contributed by atoms with Crippen LogP contribution in [0.4, 0.5) is 0 Å². The maximum absolute atomic E-state index is 9.77. The van der Waals surface area contributed by atoms with E-state index in [2.05, 4.69) is 27.6 Å². The molecule has 1 aromatic carbocycles. The molecule has 0 bridgehead atoms. The minimum Gasteiger partial charge on any atom is -0.484 e. The minimum absolute atomic E-state index is 0.153. The molecule has 3 unspecified atom stereocenters. The van der Waals surface area contributed by atoms with Crippen molar-refractivity contribution in [3.05, 3.63) is 33.0 Å². The number of nitrogens with zero attached hydrogens (tertiary/aromatic N) is 1. The van der Waals surface area contributed by atoms with Crippen molar-refractivity contribution in [1.82, 2.24) is 4.98 Å². The van der Waals surface area contributed by atoms with Crippen LogP contribution in [0.5, 0.6) is 5.75 Å². The molecule has 0 radical (unpaired) electrons. The lowest BCUT2D eigenvalue weighted by molar-refractivity contribution is -0.160. The van der Waals surface area contributed by atoms with E-state index in [1.807, 2.05) is 25.1 Å². The lowest BCUT2D eigenvalue weighted by atomic mass is 9.88. The summed E-state index contributed by atoms with van der Waals surface area (Å²) in [6.07, 6.45) is 1.40. The van der Waals surface area contributed by atoms with Crippen LogP contribution in [0.2, 0.25) is 5.02 Å². The largest absolute Gasteiger partial charge is 0.484 e. The van der Waals surface area contributed by atoms with Crippen LogP contribution in [0.25, 0.3) is 10.9 Å². The van der Waals surface area contributed by atoms with Gasteiger partial charge in [-0.05, 0) is 47.7 Å². The number of ether oxygens (including phenoxy) is 2. The molecule has 0 aliphatic heterocycles. The Balaban J connectivity index is 1.94. The first kappa shape index (κ1) is 15.3. The van der Waals surface area contributed by atoms with E-state index in [4.69, 9.17) is 21.1 Å². The highest BCUT2D eigenvalue weighted by molar-refractivity contribution is 14.1. The van der Waals surface area contributed by atoms with Gasteiger partial charge in [-0.2, -0.15) is 0 Å². The molecular formula is C15H15ClINO3. The number of aliphatic hydroxyl groups excluding tert-OH is 1. The Kier molecular flexibility index (Phi) is 4.54. The van der Waals surface area contributed by atoms with Gasteiger partial charge in [0.1, 0.15) is 17.7 Å². The number of pyridine rings is 1. The third-order valence-corrected chi connectivity index (χ3v) is 4.71. The number of hydrogen-bond acceptors (Lipinski definition) is 4. The predicted octanol–water partition coefficient (Wildman–Crippen LogP) is 3.41. The summed E-state index contributed by atoms with van der Waals surface area (Å²) in [5.74, 6) is 0.706. The van der Waals surface area contributed by atoms with Crippen LogP contribution in [0, 0.1) is 3.57 Å². The van der Waals surface area contributed by atoms with Gasteiger partial charge in [0.15, 0.2) is 5.75 Å². The number of halogens is 2. The van der Waals surface area contributed by atoms with Crippen molar-refractivity contribution >= 4 is 45.1 Å². The summed E-state index contributed by atoms with van der Waals surface area (Å²) >= 11 is 8.44. The van der Waals surface area contributed by atoms with E-state index in [0.717, 1.165) is 14.5 Å². The fourth-order valence-corrected chi connectivity index (χ4v) is 3.63. The summed E-state index contributed by atoms with van der Waals surface area (Å²) < 4.78 is 12.5. The SMILES string of the molecule is CCOC1C(O)CC1Oc1c(I)cc(Cl)c2cccnc12. The molecule has 6 heteroatoms. The summed E-state index contributed by atoms with van der Waals surface area (Å²) in [5, 5.41) is 11.3. The standard InChI is InChI=1S/C15H15ClINO3/c1-2-20-15-11(19)7-12(15)21-14-10(17)6-9(16)8-4-3-5-18-13(8)14/h3-6,11-12,15,19H,2,7H2,1H3. The lowest BCUT2D eigenvalue weighted by Gasteiger charge is -2.40. The zero-order valence-electron chi connectivity index (χ0n) is 11.4. The first-order valence-electron chi connectivity index (χ1n) is 6.81. The average molecular weight is 420 g/mol. The Morgan fingerprint density at radius 2 is 2.33 bits per heavy atom. The van der Waals surface area contributed by atoms with Crippen molar-refractivity contribution in [3.63, 3.8) is 0 Å². The normalized spacial score (nSPS) is 24.9. The first-order chi connectivity index (χ1) is 10.1. The molecule has 1 saturated carbocycles. The summed E-state index contributed by atoms with van der Waals surface area (Å²) in [4.78, 5) is 4.39. The molecule has 1 aromatic heterocycles. The molecule has 0 spiro atoms. The van der Waals surface area contributed by atoms with Gasteiger partial charge in [0.05, 0.1) is 14.7 Å². The first-order valence-corrected chi connectivity index (χ1v) is 8.26. The Labute approximate surface area is 141 Å². The Hall–Kier alpha value is -0.630. The van der Waals surface area contributed by atoms with Gasteiger partial charge in [0, 0.05) is 24.6 Å². The molecule has 1 aliphatic rings. The van der Waals surface area contributed by atoms with Gasteiger partial charge in [0.2, 0.25) is 0 Å². The van der Waals surface area contributed by atoms with Gasteiger partial charge in [-0.1, -0.05) is 11.6 Å². The second-order valence-corrected chi connectivity index (χ2v) is 6.52. The zero-order valence-corrected chi connectivity index (χ0v) is 14.3. The molecule has 0 saturated heterocycles. The highest BCUT2D eigenvalue weighted by Gasteiger charge is 2.43. The molecule has 3 atom stereocenters. The van der Waals surface area contributed by atoms with Gasteiger partial charge < -0.3 is 14.6 Å². The summed E-state index contributed by atoms with van der Waals surface area (Å²) in [7, 11) is 0. The van der Waals surface area contributed by atoms with Gasteiger partial charge in [-0.3, -0.25) is 4.98 Å². The lowest BCUT2D eigenvalue weighted by Crippen LogP contribution is -2.55. The molecule has 4 nitrogen and oxygen atoms in total. The van der Waals surface area contributed by atoms with Crippen molar-refractivity contribution in [1.29, 1.82) is 0 Å². The maximum Gasteiger partial charge on any atom is 0.159 e. The average Bonchev–Trinajstić information content (AvgIpc) is 2.48. The van der Waals surface area contributed by atoms with Crippen LogP contribution in [0.3, 0.4) is 0 Å². The van der Waals surface area contributed by atoms with Crippen LogP contribution in [-0.2, 0) is 4.74 Å². The number of aliphatic hydroxyl groups is 1. The van der Waals surface area contributed by atoms with E-state index < -0.39 is 6.10 Å². The second kappa shape index (κ2) is 6.24. The van der Waals surface area contributed by atoms with E-state index in [-0.39, 0.29) is 12.2 Å². The highest BCUT2D eigenvalue weighted by atomic mass is 127. The van der Waals surface area contributed by atoms with Crippen LogP contribution in [0.15, 0.2) is 24.4 Å². The number of aromatic nitrogens is 1. The monoisotopic (exact) mass is 419 g/mol. The van der Waals surface area contributed by atoms with Gasteiger partial charge in [-0.25, -0.2) is 0 Å². The highest BCUT2D eigenvalue weighted by Crippen LogP contribution is 2.38. The maximum atomic E-state index is 9.77. The quantitative estimate of drug-likeness (QED) is 0.772. The number of fused-ring (bicyclic) bond motifs is 1. The third kappa shape index (κ3) is 2.84. The van der Waals surface area contributed by atoms with E-state index >= 15 is 0 Å². The van der Waals surface area contributed by atoms with E-state index in [0.29, 0.717) is 23.8 Å². The van der Waals surface area contributed by atoms with Gasteiger partial charge in [0.25, 0.3) is 0 Å². The van der Waals surface area contributed by atoms with Crippen LogP contribution in [-0.4, -0.2) is 35.0 Å². The summed E-state index contributed by atoms with van der Waals surface area (Å²) in [6.45, 7) is 2.46. The molecule has 112 valence electrons. The molecule has 1 fully saturated rings. The molecule has 1 N–H and O–H groups in total. The van der Waals surface area contributed by atoms with Crippen molar-refractivity contribution in [2.45, 2.75) is 31.7 Å². The van der Waals surface area contributed by atoms with E-state index in [1.165, 1.54) is 0 Å². The zero-order chi connectivity index (χ0) is 15.0. The summed E-state index contributed by atoms with van der Waals surface area (Å²) in [5.41, 5.74) is 0.742. The molecule has 2 aromatic rings. The molecule has 0 amide bonds. The van der Waals surface area contributed by atoms with Crippen LogP contribution >= 0.6 is 34.2 Å². The molecule has 1 heterocycles. The number of hydrogen-bond donors (Lipinski definition) is 1. The summed E-state index contributed by atoms with van der Waals surface area (Å²) in [6, 6.07) is 5.64. The smallest absolute Gasteiger partial charge is 0.159 e. The molecule has 3 rings (SSSR count). The Bertz CT molecular complexity index is 667. The van der Waals surface area contributed by atoms with E-state index in [1.54, 1.807) is 6.20 Å². The van der Waals surface area contributed by atoms with Crippen molar-refractivity contribution in [2.75, 3.05) is 6.61 Å². The van der Waals surface area contributed by atoms with Crippen molar-refractivity contribution in [2.24, 2.45) is 0 Å². The van der Waals surface area contributed by atoms with E-state index in [9.17, 15) is 5.11 Å². The number of benzene rings is 1. The fraction of sp³-hybridized carbons (Fsp3) is 0.400. The molecular weight excluding hydrogens is 405 g/mol. The van der Waals surface area contributed by atoms with Crippen LogP contribution in [0.1, 0.15) is 13.3 Å². The van der Waals surface area contributed by atoms with Gasteiger partial charge >= 0.3 is 0 Å². The Morgan fingerprint density at radius 3 is 3.05 bits per heavy atom. The fourth-order valence-electron chi connectivity index (χ4n) is 2.49. The van der Waals surface area contributed by atoms with Crippen molar-refractivity contribution < 1.29 is 14.6 Å². The van der Waals surface area contributed by atoms with Crippen molar-refractivity contribution in [3.8, 4) is 5.75 Å². The topological polar surface area (TPSA) is 51.6 Å². The predicted molar refractivity (Wildman–Crippen MR) is 89.9 cm³/mol. The minimum atomic E-state index is -0.459. The Morgan fingerprint density at radius 1 is 1.52 bits per heavy atom.